The molecule has 27 heavy (non-hydrogen) atoms. The highest BCUT2D eigenvalue weighted by atomic mass is 79.9. The Morgan fingerprint density at radius 2 is 1.96 bits per heavy atom. The lowest BCUT2D eigenvalue weighted by atomic mass is 9.93. The predicted octanol–water partition coefficient (Wildman–Crippen LogP) is 5.50. The molecule has 4 nitrogen and oxygen atoms in total. The Kier molecular flexibility index (Phi) is 4.86. The van der Waals surface area contributed by atoms with E-state index in [0.29, 0.717) is 5.56 Å². The van der Waals surface area contributed by atoms with Crippen molar-refractivity contribution in [3.63, 3.8) is 0 Å². The van der Waals surface area contributed by atoms with Crippen LogP contribution in [0.3, 0.4) is 0 Å². The van der Waals surface area contributed by atoms with Crippen LogP contribution >= 0.6 is 15.9 Å². The summed E-state index contributed by atoms with van der Waals surface area (Å²) < 4.78 is 2.45. The van der Waals surface area contributed by atoms with Crippen LogP contribution in [0.15, 0.2) is 71.7 Å². The fraction of sp³-hybridized carbons (Fsp3) is 0.136. The van der Waals surface area contributed by atoms with Crippen molar-refractivity contribution in [3.05, 3.63) is 82.9 Å². The molecule has 0 unspecified atom stereocenters. The highest BCUT2D eigenvalue weighted by molar-refractivity contribution is 9.10. The lowest BCUT2D eigenvalue weighted by molar-refractivity contribution is 0.0960. The van der Waals surface area contributed by atoms with Gasteiger partial charge < -0.3 is 0 Å². The van der Waals surface area contributed by atoms with Gasteiger partial charge in [0.2, 0.25) is 0 Å². The minimum absolute atomic E-state index is 0.0846. The average molecular weight is 420 g/mol. The first-order valence-electron chi connectivity index (χ1n) is 8.89. The van der Waals surface area contributed by atoms with Gasteiger partial charge in [-0.2, -0.15) is 0 Å². The Hall–Kier alpha value is -2.79. The number of pyridine rings is 1. The number of nitrogens with zero attached hydrogens (tertiary/aromatic N) is 3. The summed E-state index contributed by atoms with van der Waals surface area (Å²) in [6, 6.07) is 15.9. The Labute approximate surface area is 166 Å². The number of carbonyl (C=O) groups excluding carboxylic acids is 1. The molecule has 4 aromatic rings. The number of hydrogen-bond acceptors (Lipinski definition) is 3. The Balaban J connectivity index is 2.09. The summed E-state index contributed by atoms with van der Waals surface area (Å²) in [5.74, 6) is -0.0846. The zero-order valence-corrected chi connectivity index (χ0v) is 16.5. The Morgan fingerprint density at radius 1 is 1.15 bits per heavy atom. The molecule has 134 valence electrons. The largest absolute Gasteiger partial charge is 0.272 e. The molecule has 0 atom stereocenters. The van der Waals surface area contributed by atoms with E-state index in [1.54, 1.807) is 18.7 Å². The number of hydrogen-bond donors (Lipinski definition) is 0. The number of carbonyl (C=O) groups is 1. The van der Waals surface area contributed by atoms with Gasteiger partial charge in [-0.1, -0.05) is 59.6 Å². The maximum atomic E-state index is 13.4. The number of halogens is 1. The number of rotatable bonds is 4. The first kappa shape index (κ1) is 17.6. The van der Waals surface area contributed by atoms with Crippen molar-refractivity contribution in [1.82, 2.24) is 14.5 Å². The van der Waals surface area contributed by atoms with Gasteiger partial charge in [0, 0.05) is 27.8 Å². The zero-order chi connectivity index (χ0) is 18.8. The Bertz CT molecular complexity index is 1110. The molecule has 0 fully saturated rings. The van der Waals surface area contributed by atoms with E-state index in [1.807, 2.05) is 48.5 Å². The van der Waals surface area contributed by atoms with Crippen LogP contribution in [-0.4, -0.2) is 20.4 Å². The third-order valence-electron chi connectivity index (χ3n) is 4.55. The van der Waals surface area contributed by atoms with Crippen LogP contribution in [0, 0.1) is 0 Å². The van der Waals surface area contributed by atoms with Crippen molar-refractivity contribution in [3.8, 4) is 11.3 Å². The predicted molar refractivity (Wildman–Crippen MR) is 111 cm³/mol. The summed E-state index contributed by atoms with van der Waals surface area (Å²) in [4.78, 5) is 22.4. The number of fused-ring (bicyclic) bond motifs is 1. The average Bonchev–Trinajstić information content (AvgIpc) is 3.23. The van der Waals surface area contributed by atoms with Crippen LogP contribution in [0.4, 0.5) is 0 Å². The minimum atomic E-state index is -0.0846. The molecule has 2 aromatic carbocycles. The molecule has 0 spiro atoms. The van der Waals surface area contributed by atoms with Crippen LogP contribution in [0.1, 0.15) is 29.3 Å². The molecule has 0 radical (unpaired) electrons. The van der Waals surface area contributed by atoms with E-state index in [2.05, 4.69) is 27.8 Å². The number of benzene rings is 2. The molecular formula is C22H18BrN3O. The van der Waals surface area contributed by atoms with Crippen molar-refractivity contribution in [2.45, 2.75) is 19.8 Å². The zero-order valence-electron chi connectivity index (χ0n) is 14.9. The third kappa shape index (κ3) is 3.30. The van der Waals surface area contributed by atoms with Gasteiger partial charge >= 0.3 is 0 Å². The van der Waals surface area contributed by atoms with Gasteiger partial charge in [-0.25, -0.2) is 9.97 Å². The lowest BCUT2D eigenvalue weighted by Crippen LogP contribution is -2.15. The quantitative estimate of drug-likeness (QED) is 0.438. The maximum absolute atomic E-state index is 13.4. The number of imidazole rings is 1. The van der Waals surface area contributed by atoms with Gasteiger partial charge in [-0.05, 0) is 30.2 Å². The van der Waals surface area contributed by atoms with Crippen molar-refractivity contribution in [2.24, 2.45) is 0 Å². The molecule has 0 aliphatic carbocycles. The van der Waals surface area contributed by atoms with Crippen LogP contribution < -0.4 is 0 Å². The van der Waals surface area contributed by atoms with E-state index in [-0.39, 0.29) is 5.91 Å². The molecule has 0 N–H and O–H groups in total. The first-order chi connectivity index (χ1) is 13.2. The molecule has 0 bridgehead atoms. The standard InChI is InChI=1S/C22H18BrN3O/c1-2-6-17-20(22(27)26-12-11-24-14-26)18-13-16(23)9-10-19(18)25-21(17)15-7-4-3-5-8-15/h3-5,7-14H,2,6H2,1H3. The summed E-state index contributed by atoms with van der Waals surface area (Å²) in [6.07, 6.45) is 6.55. The van der Waals surface area contributed by atoms with Gasteiger partial charge in [-0.3, -0.25) is 9.36 Å². The van der Waals surface area contributed by atoms with E-state index < -0.39 is 0 Å². The van der Waals surface area contributed by atoms with Crippen molar-refractivity contribution < 1.29 is 4.79 Å². The monoisotopic (exact) mass is 419 g/mol. The summed E-state index contributed by atoms with van der Waals surface area (Å²) in [7, 11) is 0. The van der Waals surface area contributed by atoms with Gasteiger partial charge in [0.1, 0.15) is 6.33 Å². The fourth-order valence-corrected chi connectivity index (χ4v) is 3.72. The SMILES string of the molecule is CCCc1c(-c2ccccc2)nc2ccc(Br)cc2c1C(=O)n1ccnc1. The van der Waals surface area contributed by atoms with E-state index in [9.17, 15) is 4.79 Å². The minimum Gasteiger partial charge on any atom is -0.272 e. The van der Waals surface area contributed by atoms with Gasteiger partial charge in [-0.15, -0.1) is 0 Å². The molecule has 0 aliphatic heterocycles. The highest BCUT2D eigenvalue weighted by Crippen LogP contribution is 2.33. The van der Waals surface area contributed by atoms with E-state index >= 15 is 0 Å². The topological polar surface area (TPSA) is 47.8 Å². The molecular weight excluding hydrogens is 402 g/mol. The van der Waals surface area contributed by atoms with Crippen LogP contribution in [0.2, 0.25) is 0 Å². The van der Waals surface area contributed by atoms with E-state index in [1.165, 1.54) is 4.57 Å². The van der Waals surface area contributed by atoms with E-state index in [4.69, 9.17) is 4.98 Å². The van der Waals surface area contributed by atoms with Crippen molar-refractivity contribution >= 4 is 32.7 Å². The molecule has 0 saturated carbocycles. The summed E-state index contributed by atoms with van der Waals surface area (Å²) >= 11 is 3.53. The van der Waals surface area contributed by atoms with Gasteiger partial charge in [0.25, 0.3) is 5.91 Å². The van der Waals surface area contributed by atoms with Crippen LogP contribution in [0.5, 0.6) is 0 Å². The normalized spacial score (nSPS) is 11.0. The van der Waals surface area contributed by atoms with Gasteiger partial charge in [0.15, 0.2) is 0 Å². The maximum Gasteiger partial charge on any atom is 0.264 e. The van der Waals surface area contributed by atoms with Gasteiger partial charge in [0.05, 0.1) is 16.8 Å². The summed E-state index contributed by atoms with van der Waals surface area (Å²) in [5, 5.41) is 0.853. The van der Waals surface area contributed by atoms with Crippen molar-refractivity contribution in [2.75, 3.05) is 0 Å². The number of aromatic nitrogens is 3. The van der Waals surface area contributed by atoms with Crippen molar-refractivity contribution in [1.29, 1.82) is 0 Å². The fourth-order valence-electron chi connectivity index (χ4n) is 3.36. The smallest absolute Gasteiger partial charge is 0.264 e. The molecule has 0 amide bonds. The molecule has 2 aromatic heterocycles. The molecule has 5 heteroatoms. The second-order valence-corrected chi connectivity index (χ2v) is 7.28. The third-order valence-corrected chi connectivity index (χ3v) is 5.04. The lowest BCUT2D eigenvalue weighted by Gasteiger charge is -2.17. The van der Waals surface area contributed by atoms with Crippen LogP contribution in [0.25, 0.3) is 22.2 Å². The molecule has 0 aliphatic rings. The second kappa shape index (κ2) is 7.45. The summed E-state index contributed by atoms with van der Waals surface area (Å²) in [5.41, 5.74) is 4.37. The second-order valence-electron chi connectivity index (χ2n) is 6.37. The first-order valence-corrected chi connectivity index (χ1v) is 9.68. The summed E-state index contributed by atoms with van der Waals surface area (Å²) in [6.45, 7) is 2.12. The molecule has 0 saturated heterocycles. The van der Waals surface area contributed by atoms with Crippen LogP contribution in [-0.2, 0) is 6.42 Å². The highest BCUT2D eigenvalue weighted by Gasteiger charge is 2.22. The molecule has 2 heterocycles. The van der Waals surface area contributed by atoms with E-state index in [0.717, 1.165) is 45.0 Å². The molecule has 4 rings (SSSR count). The Morgan fingerprint density at radius 3 is 2.67 bits per heavy atom.